The van der Waals surface area contributed by atoms with E-state index in [0.717, 1.165) is 0 Å². The molecule has 270 valence electrons. The number of nitrogens with zero attached hydrogens (tertiary/aromatic N) is 2. The van der Waals surface area contributed by atoms with E-state index in [-0.39, 0.29) is 10.8 Å². The molecule has 0 amide bonds. The highest BCUT2D eigenvalue weighted by atomic mass is 15.0. The van der Waals surface area contributed by atoms with Gasteiger partial charge in [0.05, 0.1) is 22.1 Å². The molecule has 2 aromatic heterocycles. The zero-order chi connectivity index (χ0) is 37.8. The van der Waals surface area contributed by atoms with Crippen molar-refractivity contribution in [3.8, 4) is 33.6 Å². The van der Waals surface area contributed by atoms with Gasteiger partial charge in [0.2, 0.25) is 0 Å². The van der Waals surface area contributed by atoms with Crippen LogP contribution < -0.4 is 0 Å². The van der Waals surface area contributed by atoms with Gasteiger partial charge in [-0.05, 0) is 122 Å². The monoisotopic (exact) mass is 720 g/mol. The van der Waals surface area contributed by atoms with Crippen molar-refractivity contribution in [2.45, 2.75) is 51.4 Å². The van der Waals surface area contributed by atoms with E-state index in [4.69, 9.17) is 0 Å². The Labute approximate surface area is 328 Å². The fourth-order valence-corrected chi connectivity index (χ4v) is 9.86. The van der Waals surface area contributed by atoms with Crippen LogP contribution in [0.3, 0.4) is 0 Å². The van der Waals surface area contributed by atoms with Crippen LogP contribution in [0.15, 0.2) is 170 Å². The molecule has 1 aliphatic carbocycles. The van der Waals surface area contributed by atoms with Gasteiger partial charge < -0.3 is 9.13 Å². The molecular formula is C54H44N2. The maximum Gasteiger partial charge on any atom is 0.0641 e. The average Bonchev–Trinajstić information content (AvgIpc) is 3.76. The molecule has 0 aliphatic heterocycles. The van der Waals surface area contributed by atoms with Crippen molar-refractivity contribution >= 4 is 54.4 Å². The Morgan fingerprint density at radius 3 is 1.68 bits per heavy atom. The van der Waals surface area contributed by atoms with E-state index >= 15 is 0 Å². The number of benzene rings is 8. The minimum absolute atomic E-state index is 0.0861. The second-order valence-corrected chi connectivity index (χ2v) is 17.2. The summed E-state index contributed by atoms with van der Waals surface area (Å²) in [5.41, 5.74) is 15.4. The summed E-state index contributed by atoms with van der Waals surface area (Å²) in [5, 5.41) is 7.76. The van der Waals surface area contributed by atoms with Crippen LogP contribution in [-0.2, 0) is 10.8 Å². The molecule has 0 fully saturated rings. The molecule has 0 spiro atoms. The van der Waals surface area contributed by atoms with Crippen LogP contribution in [0.1, 0.15) is 51.7 Å². The first-order valence-corrected chi connectivity index (χ1v) is 20.1. The van der Waals surface area contributed by atoms with Crippen LogP contribution in [0.25, 0.3) is 88.0 Å². The molecule has 0 unspecified atom stereocenters. The first-order valence-electron chi connectivity index (χ1n) is 20.1. The molecule has 10 aromatic rings. The second-order valence-electron chi connectivity index (χ2n) is 17.2. The van der Waals surface area contributed by atoms with Crippen molar-refractivity contribution in [1.29, 1.82) is 0 Å². The molecule has 0 bridgehead atoms. The summed E-state index contributed by atoms with van der Waals surface area (Å²) in [5.74, 6) is 0. The van der Waals surface area contributed by atoms with Gasteiger partial charge in [-0.1, -0.05) is 143 Å². The fourth-order valence-electron chi connectivity index (χ4n) is 9.86. The Hall–Kier alpha value is -6.38. The molecule has 11 rings (SSSR count). The lowest BCUT2D eigenvalue weighted by Crippen LogP contribution is -2.33. The van der Waals surface area contributed by atoms with Crippen LogP contribution in [0.5, 0.6) is 0 Å². The summed E-state index contributed by atoms with van der Waals surface area (Å²) in [7, 11) is 0. The van der Waals surface area contributed by atoms with Crippen molar-refractivity contribution < 1.29 is 0 Å². The molecule has 0 radical (unpaired) electrons. The summed E-state index contributed by atoms with van der Waals surface area (Å²) in [4.78, 5) is 0. The maximum absolute atomic E-state index is 2.59. The van der Waals surface area contributed by atoms with Gasteiger partial charge in [0, 0.05) is 32.9 Å². The summed E-state index contributed by atoms with van der Waals surface area (Å²) >= 11 is 0. The Morgan fingerprint density at radius 2 is 0.946 bits per heavy atom. The third kappa shape index (κ3) is 4.88. The number of rotatable bonds is 4. The zero-order valence-electron chi connectivity index (χ0n) is 32.5. The first-order chi connectivity index (χ1) is 27.3. The molecular weight excluding hydrogens is 677 g/mol. The van der Waals surface area contributed by atoms with Gasteiger partial charge in [0.1, 0.15) is 0 Å². The van der Waals surface area contributed by atoms with Gasteiger partial charge in [-0.15, -0.1) is 0 Å². The molecule has 0 saturated heterocycles. The highest BCUT2D eigenvalue weighted by Gasteiger charge is 2.38. The number of aromatic nitrogens is 2. The normalized spacial score (nSPS) is 14.9. The highest BCUT2D eigenvalue weighted by Crippen LogP contribution is 2.50. The minimum atomic E-state index is 0.0861. The number of para-hydroxylation sites is 1. The van der Waals surface area contributed by atoms with Crippen LogP contribution in [-0.4, -0.2) is 9.13 Å². The van der Waals surface area contributed by atoms with Crippen LogP contribution in [0.4, 0.5) is 0 Å². The molecule has 0 saturated carbocycles. The van der Waals surface area contributed by atoms with E-state index in [1.54, 1.807) is 0 Å². The van der Waals surface area contributed by atoms with Crippen LogP contribution in [0.2, 0.25) is 0 Å². The molecule has 1 aliphatic rings. The van der Waals surface area contributed by atoms with Crippen molar-refractivity contribution in [2.24, 2.45) is 0 Å². The van der Waals surface area contributed by atoms with E-state index in [2.05, 4.69) is 207 Å². The van der Waals surface area contributed by atoms with Gasteiger partial charge >= 0.3 is 0 Å². The van der Waals surface area contributed by atoms with E-state index in [9.17, 15) is 0 Å². The lowest BCUT2D eigenvalue weighted by Gasteiger charge is -2.42. The van der Waals surface area contributed by atoms with Gasteiger partial charge in [0.15, 0.2) is 0 Å². The standard InChI is InChI=1S/C54H44N2/c1-53(2)30-31-54(3,4)46-34-49-44(33-45(46)53)43-27-29-48-51(50-42-21-12-11-16-37(42)24-28-47(50)55(48)40-19-9-6-10-20-40)52(43)56(49)41-25-22-36(23-26-41)39-18-13-17-38(32-39)35-14-7-5-8-15-35/h5-29,32-34H,30-31H2,1-4H3. The van der Waals surface area contributed by atoms with Gasteiger partial charge in [-0.25, -0.2) is 0 Å². The van der Waals surface area contributed by atoms with E-state index in [0.29, 0.717) is 0 Å². The summed E-state index contributed by atoms with van der Waals surface area (Å²) in [6.45, 7) is 9.76. The molecule has 0 N–H and O–H groups in total. The van der Waals surface area contributed by atoms with Crippen LogP contribution in [0, 0.1) is 0 Å². The lowest BCUT2D eigenvalue weighted by molar-refractivity contribution is 0.332. The van der Waals surface area contributed by atoms with Crippen molar-refractivity contribution in [2.75, 3.05) is 0 Å². The topological polar surface area (TPSA) is 9.86 Å². The molecule has 2 nitrogen and oxygen atoms in total. The lowest BCUT2D eigenvalue weighted by atomic mass is 9.63. The zero-order valence-corrected chi connectivity index (χ0v) is 32.5. The Bertz CT molecular complexity index is 3160. The predicted octanol–water partition coefficient (Wildman–Crippen LogP) is 14.7. The van der Waals surface area contributed by atoms with Gasteiger partial charge in [0.25, 0.3) is 0 Å². The quantitative estimate of drug-likeness (QED) is 0.171. The molecule has 2 heterocycles. The highest BCUT2D eigenvalue weighted by molar-refractivity contribution is 6.31. The molecule has 8 aromatic carbocycles. The number of hydrogen-bond acceptors (Lipinski definition) is 0. The summed E-state index contributed by atoms with van der Waals surface area (Å²) in [6.07, 6.45) is 2.36. The predicted molar refractivity (Wildman–Crippen MR) is 239 cm³/mol. The molecule has 56 heavy (non-hydrogen) atoms. The third-order valence-electron chi connectivity index (χ3n) is 13.0. The Balaban J connectivity index is 1.25. The largest absolute Gasteiger partial charge is 0.309 e. The average molecular weight is 721 g/mol. The first kappa shape index (κ1) is 33.0. The summed E-state index contributed by atoms with van der Waals surface area (Å²) < 4.78 is 5.06. The Morgan fingerprint density at radius 1 is 0.375 bits per heavy atom. The van der Waals surface area contributed by atoms with Gasteiger partial charge in [-0.2, -0.15) is 0 Å². The number of hydrogen-bond donors (Lipinski definition) is 0. The van der Waals surface area contributed by atoms with Crippen LogP contribution >= 0.6 is 0 Å². The van der Waals surface area contributed by atoms with E-state index in [1.807, 2.05) is 0 Å². The fraction of sp³-hybridized carbons (Fsp3) is 0.148. The molecule has 2 heteroatoms. The third-order valence-corrected chi connectivity index (χ3v) is 13.0. The summed E-state index contributed by atoms with van der Waals surface area (Å²) in [6, 6.07) is 63.2. The maximum atomic E-state index is 2.59. The van der Waals surface area contributed by atoms with Crippen molar-refractivity contribution in [3.05, 3.63) is 181 Å². The molecule has 0 atom stereocenters. The van der Waals surface area contributed by atoms with E-state index < -0.39 is 0 Å². The van der Waals surface area contributed by atoms with Gasteiger partial charge in [-0.3, -0.25) is 0 Å². The van der Waals surface area contributed by atoms with Crippen molar-refractivity contribution in [1.82, 2.24) is 9.13 Å². The number of fused-ring (bicyclic) bond motifs is 10. The minimum Gasteiger partial charge on any atom is -0.309 e. The second kappa shape index (κ2) is 12.1. The Kier molecular flexibility index (Phi) is 7.11. The SMILES string of the molecule is CC1(C)CCC(C)(C)c2cc3c(cc21)c1ccc2c(c4c5ccccc5ccc4n2-c2ccccc2)c1n3-c1ccc(-c2cccc(-c3ccccc3)c2)cc1. The van der Waals surface area contributed by atoms with E-state index in [1.165, 1.54) is 112 Å². The smallest absolute Gasteiger partial charge is 0.0641 e. The van der Waals surface area contributed by atoms with Crippen molar-refractivity contribution in [3.63, 3.8) is 0 Å².